The van der Waals surface area contributed by atoms with E-state index in [1.54, 1.807) is 37.7 Å². The number of nitrogens with zero attached hydrogens (tertiary/aromatic N) is 3. The van der Waals surface area contributed by atoms with Crippen LogP contribution in [0.2, 0.25) is 0 Å². The molecule has 1 N–H and O–H groups in total. The standard InChI is InChI=1S/C21H24N4O3S3/c1-3-25(4-2)31(27,28)18-12-10-17(11-13-18)19(26)14-22-20-23-24-21(30-20)29-15-16-8-6-5-7-9-16/h5-13H,3-4,14-15H2,1-2H3,(H,22,23). The third-order valence-electron chi connectivity index (χ3n) is 4.53. The first-order chi connectivity index (χ1) is 14.9. The number of sulfonamides is 1. The van der Waals surface area contributed by atoms with Crippen molar-refractivity contribution < 1.29 is 13.2 Å². The Hall–Kier alpha value is -2.27. The van der Waals surface area contributed by atoms with Gasteiger partial charge in [-0.15, -0.1) is 10.2 Å². The molecule has 0 unspecified atom stereocenters. The summed E-state index contributed by atoms with van der Waals surface area (Å²) in [6.45, 7) is 4.45. The van der Waals surface area contributed by atoms with Crippen LogP contribution < -0.4 is 5.32 Å². The lowest BCUT2D eigenvalue weighted by Gasteiger charge is -2.18. The van der Waals surface area contributed by atoms with E-state index in [0.29, 0.717) is 23.8 Å². The minimum atomic E-state index is -3.53. The van der Waals surface area contributed by atoms with Crippen molar-refractivity contribution in [3.8, 4) is 0 Å². The predicted octanol–water partition coefficient (Wildman–Crippen LogP) is 4.16. The molecule has 31 heavy (non-hydrogen) atoms. The number of rotatable bonds is 11. The fourth-order valence-corrected chi connectivity index (χ4v) is 6.00. The average molecular weight is 477 g/mol. The topological polar surface area (TPSA) is 92.3 Å². The van der Waals surface area contributed by atoms with E-state index in [1.807, 2.05) is 18.2 Å². The Morgan fingerprint density at radius 3 is 2.35 bits per heavy atom. The molecule has 10 heteroatoms. The summed E-state index contributed by atoms with van der Waals surface area (Å²) in [5.41, 5.74) is 1.65. The maximum absolute atomic E-state index is 12.5. The van der Waals surface area contributed by atoms with Gasteiger partial charge in [-0.25, -0.2) is 8.42 Å². The monoisotopic (exact) mass is 476 g/mol. The molecule has 3 rings (SSSR count). The SMILES string of the molecule is CCN(CC)S(=O)(=O)c1ccc(C(=O)CNc2nnc(SCc3ccccc3)s2)cc1. The number of hydrogen-bond donors (Lipinski definition) is 1. The predicted molar refractivity (Wildman–Crippen MR) is 125 cm³/mol. The van der Waals surface area contributed by atoms with Crippen molar-refractivity contribution in [2.75, 3.05) is 25.0 Å². The Labute approximate surface area is 191 Å². The number of nitrogens with one attached hydrogen (secondary N) is 1. The van der Waals surface area contributed by atoms with Gasteiger partial charge in [-0.2, -0.15) is 4.31 Å². The fraction of sp³-hybridized carbons (Fsp3) is 0.286. The maximum Gasteiger partial charge on any atom is 0.243 e. The third kappa shape index (κ3) is 6.13. The summed E-state index contributed by atoms with van der Waals surface area (Å²) in [7, 11) is -3.53. The maximum atomic E-state index is 12.5. The molecule has 0 spiro atoms. The number of ketones is 1. The van der Waals surface area contributed by atoms with Crippen LogP contribution in [-0.2, 0) is 15.8 Å². The molecule has 0 bridgehead atoms. The molecule has 3 aromatic rings. The molecule has 0 aliphatic carbocycles. The highest BCUT2D eigenvalue weighted by Crippen LogP contribution is 2.28. The second-order valence-corrected chi connectivity index (χ2v) is 10.7. The fourth-order valence-electron chi connectivity index (χ4n) is 2.84. The largest absolute Gasteiger partial charge is 0.353 e. The van der Waals surface area contributed by atoms with Crippen LogP contribution in [0, 0.1) is 0 Å². The Morgan fingerprint density at radius 2 is 1.71 bits per heavy atom. The van der Waals surface area contributed by atoms with E-state index < -0.39 is 10.0 Å². The number of aromatic nitrogens is 2. The summed E-state index contributed by atoms with van der Waals surface area (Å²) < 4.78 is 27.3. The number of hydrogen-bond acceptors (Lipinski definition) is 8. The van der Waals surface area contributed by atoms with E-state index in [4.69, 9.17) is 0 Å². The number of carbonyl (C=O) groups excluding carboxylic acids is 1. The van der Waals surface area contributed by atoms with Crippen LogP contribution in [0.1, 0.15) is 29.8 Å². The first kappa shape index (κ1) is 23.4. The van der Waals surface area contributed by atoms with Crippen LogP contribution in [0.3, 0.4) is 0 Å². The van der Waals surface area contributed by atoms with Gasteiger partial charge in [0.15, 0.2) is 10.1 Å². The van der Waals surface area contributed by atoms with Crippen molar-refractivity contribution >= 4 is 44.0 Å². The lowest BCUT2D eigenvalue weighted by Crippen LogP contribution is -2.30. The van der Waals surface area contributed by atoms with E-state index >= 15 is 0 Å². The normalized spacial score (nSPS) is 11.6. The van der Waals surface area contributed by atoms with E-state index in [-0.39, 0.29) is 17.2 Å². The first-order valence-electron chi connectivity index (χ1n) is 9.81. The van der Waals surface area contributed by atoms with Crippen LogP contribution in [0.5, 0.6) is 0 Å². The molecular weight excluding hydrogens is 452 g/mol. The summed E-state index contributed by atoms with van der Waals surface area (Å²) in [4.78, 5) is 12.7. The zero-order valence-corrected chi connectivity index (χ0v) is 19.8. The highest BCUT2D eigenvalue weighted by atomic mass is 32.2. The number of benzene rings is 2. The smallest absolute Gasteiger partial charge is 0.243 e. The quantitative estimate of drug-likeness (QED) is 0.328. The summed E-state index contributed by atoms with van der Waals surface area (Å²) in [5, 5.41) is 11.8. The second kappa shape index (κ2) is 10.9. The summed E-state index contributed by atoms with van der Waals surface area (Å²) >= 11 is 2.99. The molecular formula is C21H24N4O3S3. The average Bonchev–Trinajstić information content (AvgIpc) is 3.25. The van der Waals surface area contributed by atoms with Gasteiger partial charge in [-0.1, -0.05) is 67.3 Å². The zero-order chi connectivity index (χ0) is 22.3. The summed E-state index contributed by atoms with van der Waals surface area (Å²) in [6.07, 6.45) is 0. The van der Waals surface area contributed by atoms with E-state index in [2.05, 4.69) is 27.6 Å². The lowest BCUT2D eigenvalue weighted by molar-refractivity contribution is 0.101. The molecule has 1 heterocycles. The summed E-state index contributed by atoms with van der Waals surface area (Å²) in [5.74, 6) is 0.650. The van der Waals surface area contributed by atoms with E-state index in [1.165, 1.54) is 33.3 Å². The van der Waals surface area contributed by atoms with Crippen molar-refractivity contribution in [2.45, 2.75) is 28.8 Å². The highest BCUT2D eigenvalue weighted by Gasteiger charge is 2.21. The van der Waals surface area contributed by atoms with Gasteiger partial charge >= 0.3 is 0 Å². The van der Waals surface area contributed by atoms with Crippen molar-refractivity contribution in [1.29, 1.82) is 0 Å². The molecule has 0 aliphatic heterocycles. The van der Waals surface area contributed by atoms with Gasteiger partial charge in [0.1, 0.15) is 0 Å². The Bertz CT molecular complexity index is 1100. The van der Waals surface area contributed by atoms with E-state index in [0.717, 1.165) is 10.1 Å². The van der Waals surface area contributed by atoms with Crippen LogP contribution in [-0.4, -0.2) is 48.3 Å². The zero-order valence-electron chi connectivity index (χ0n) is 17.3. The van der Waals surface area contributed by atoms with Gasteiger partial charge in [0.2, 0.25) is 15.2 Å². The van der Waals surface area contributed by atoms with Crippen LogP contribution in [0.15, 0.2) is 63.8 Å². The molecule has 0 aliphatic rings. The molecule has 0 radical (unpaired) electrons. The molecule has 164 valence electrons. The Kier molecular flexibility index (Phi) is 8.19. The minimum absolute atomic E-state index is 0.0557. The van der Waals surface area contributed by atoms with Crippen LogP contribution in [0.4, 0.5) is 5.13 Å². The molecule has 0 fully saturated rings. The van der Waals surface area contributed by atoms with Gasteiger partial charge < -0.3 is 5.32 Å². The van der Waals surface area contributed by atoms with Gasteiger partial charge in [0, 0.05) is 24.4 Å². The molecule has 0 saturated heterocycles. The molecule has 2 aromatic carbocycles. The van der Waals surface area contributed by atoms with Crippen LogP contribution >= 0.6 is 23.1 Å². The van der Waals surface area contributed by atoms with Crippen LogP contribution in [0.25, 0.3) is 0 Å². The molecule has 1 aromatic heterocycles. The summed E-state index contributed by atoms with van der Waals surface area (Å²) in [6, 6.07) is 16.1. The van der Waals surface area contributed by atoms with Crippen molar-refractivity contribution in [1.82, 2.24) is 14.5 Å². The number of thioether (sulfide) groups is 1. The van der Waals surface area contributed by atoms with Gasteiger partial charge in [0.05, 0.1) is 11.4 Å². The minimum Gasteiger partial charge on any atom is -0.353 e. The Morgan fingerprint density at radius 1 is 1.03 bits per heavy atom. The first-order valence-corrected chi connectivity index (χ1v) is 13.1. The highest BCUT2D eigenvalue weighted by molar-refractivity contribution is 8.00. The molecule has 0 saturated carbocycles. The molecule has 7 nitrogen and oxygen atoms in total. The third-order valence-corrected chi connectivity index (χ3v) is 8.68. The van der Waals surface area contributed by atoms with E-state index in [9.17, 15) is 13.2 Å². The molecule has 0 atom stereocenters. The number of Topliss-reactive ketones (excluding diaryl/α,β-unsaturated/α-hetero) is 1. The van der Waals surface area contributed by atoms with Gasteiger partial charge in [0.25, 0.3) is 0 Å². The van der Waals surface area contributed by atoms with Gasteiger partial charge in [-0.05, 0) is 29.8 Å². The van der Waals surface area contributed by atoms with Crippen molar-refractivity contribution in [3.63, 3.8) is 0 Å². The number of anilines is 1. The second-order valence-electron chi connectivity index (χ2n) is 6.54. The molecule has 0 amide bonds. The van der Waals surface area contributed by atoms with Gasteiger partial charge in [-0.3, -0.25) is 4.79 Å². The van der Waals surface area contributed by atoms with Crippen molar-refractivity contribution in [2.24, 2.45) is 0 Å². The lowest BCUT2D eigenvalue weighted by atomic mass is 10.1. The number of carbonyl (C=O) groups is 1. The Balaban J connectivity index is 1.54. The van der Waals surface area contributed by atoms with Crippen molar-refractivity contribution in [3.05, 3.63) is 65.7 Å².